The Labute approximate surface area is 268 Å². The summed E-state index contributed by atoms with van der Waals surface area (Å²) in [6.45, 7) is 0. The van der Waals surface area contributed by atoms with Crippen molar-refractivity contribution in [1.29, 1.82) is 0 Å². The number of rotatable bonds is 2. The molecule has 0 aliphatic rings. The average molecular weight is 604 g/mol. The highest BCUT2D eigenvalue weighted by Crippen LogP contribution is 2.43. The Hall–Kier alpha value is -5.84. The Balaban J connectivity index is 1.44. The zero-order valence-corrected chi connectivity index (χ0v) is 25.5. The minimum Gasteiger partial charge on any atom is -0.307 e. The quantitative estimate of drug-likeness (QED) is 0.197. The van der Waals surface area contributed by atoms with Crippen molar-refractivity contribution in [3.63, 3.8) is 0 Å². The second-order valence-corrected chi connectivity index (χ2v) is 12.8. The fourth-order valence-electron chi connectivity index (χ4n) is 7.17. The number of benzene rings is 7. The van der Waals surface area contributed by atoms with E-state index in [9.17, 15) is 0 Å². The summed E-state index contributed by atoms with van der Waals surface area (Å²) in [6.07, 6.45) is 0. The van der Waals surface area contributed by atoms with Gasteiger partial charge in [0.1, 0.15) is 0 Å². The standard InChI is InChI=1S/C42H25N3S/c1-2-13-27(14-3-1)39-40(44-34-21-7-6-20-33(34)43-39)32-19-11-17-30-29-16-10-18-31-38-28-15-5-4-12-26(28)24-25-36(38)45(41(29)31)35-22-8-9-23-37(35)46-42(30)32/h1-25H. The summed E-state index contributed by atoms with van der Waals surface area (Å²) in [5, 5.41) is 7.50. The van der Waals surface area contributed by atoms with Crippen LogP contribution in [0.25, 0.3) is 91.8 Å². The van der Waals surface area contributed by atoms with Gasteiger partial charge < -0.3 is 4.40 Å². The van der Waals surface area contributed by atoms with Crippen LogP contribution in [0.15, 0.2) is 152 Å². The van der Waals surface area contributed by atoms with E-state index in [0.29, 0.717) is 0 Å². The van der Waals surface area contributed by atoms with Crippen LogP contribution in [-0.4, -0.2) is 14.4 Å². The van der Waals surface area contributed by atoms with Crippen LogP contribution in [0.4, 0.5) is 0 Å². The molecule has 10 aromatic rings. The van der Waals surface area contributed by atoms with Gasteiger partial charge in [-0.2, -0.15) is 0 Å². The summed E-state index contributed by atoms with van der Waals surface area (Å²) in [4.78, 5) is 10.5. The molecule has 4 heteroatoms. The average Bonchev–Trinajstić information content (AvgIpc) is 3.46. The van der Waals surface area contributed by atoms with Crippen LogP contribution >= 0.6 is 11.3 Å². The molecule has 0 unspecified atom stereocenters. The molecule has 46 heavy (non-hydrogen) atoms. The summed E-state index contributed by atoms with van der Waals surface area (Å²) in [7, 11) is 0. The van der Waals surface area contributed by atoms with E-state index in [1.54, 1.807) is 0 Å². The maximum atomic E-state index is 5.32. The second-order valence-electron chi connectivity index (χ2n) is 11.7. The molecule has 7 aromatic carbocycles. The maximum Gasteiger partial charge on any atom is 0.0987 e. The van der Waals surface area contributed by atoms with E-state index in [0.717, 1.165) is 33.5 Å². The molecule has 10 rings (SSSR count). The number of hydrogen-bond donors (Lipinski definition) is 0. The van der Waals surface area contributed by atoms with Crippen molar-refractivity contribution in [3.8, 4) is 22.5 Å². The van der Waals surface area contributed by atoms with Crippen molar-refractivity contribution in [3.05, 3.63) is 152 Å². The first kappa shape index (κ1) is 25.5. The van der Waals surface area contributed by atoms with E-state index in [-0.39, 0.29) is 0 Å². The highest BCUT2D eigenvalue weighted by molar-refractivity contribution is 7.24. The summed E-state index contributed by atoms with van der Waals surface area (Å²) >= 11 is 1.82. The van der Waals surface area contributed by atoms with Crippen LogP contribution in [0.2, 0.25) is 0 Å². The van der Waals surface area contributed by atoms with Crippen LogP contribution in [-0.2, 0) is 0 Å². The molecular formula is C42H25N3S. The van der Waals surface area contributed by atoms with Crippen LogP contribution < -0.4 is 0 Å². The molecule has 3 aromatic heterocycles. The van der Waals surface area contributed by atoms with Gasteiger partial charge in [0, 0.05) is 37.4 Å². The summed E-state index contributed by atoms with van der Waals surface area (Å²) < 4.78 is 4.87. The Bertz CT molecular complexity index is 2860. The molecule has 3 heterocycles. The summed E-state index contributed by atoms with van der Waals surface area (Å²) in [6, 6.07) is 54.1. The molecule has 0 fully saturated rings. The van der Waals surface area contributed by atoms with Gasteiger partial charge in [-0.25, -0.2) is 9.97 Å². The summed E-state index contributed by atoms with van der Waals surface area (Å²) in [5.41, 5.74) is 9.34. The van der Waals surface area contributed by atoms with Crippen molar-refractivity contribution < 1.29 is 0 Å². The van der Waals surface area contributed by atoms with Gasteiger partial charge in [0.2, 0.25) is 0 Å². The first-order valence-corrected chi connectivity index (χ1v) is 16.3. The minimum absolute atomic E-state index is 0.889. The normalized spacial score (nSPS) is 11.9. The lowest BCUT2D eigenvalue weighted by molar-refractivity contribution is 1.30. The molecule has 0 radical (unpaired) electrons. The molecule has 0 N–H and O–H groups in total. The van der Waals surface area contributed by atoms with E-state index in [4.69, 9.17) is 9.97 Å². The fraction of sp³-hybridized carbons (Fsp3) is 0. The summed E-state index contributed by atoms with van der Waals surface area (Å²) in [5.74, 6) is 0. The van der Waals surface area contributed by atoms with Crippen molar-refractivity contribution in [2.45, 2.75) is 0 Å². The first-order valence-electron chi connectivity index (χ1n) is 15.5. The third kappa shape index (κ3) is 3.65. The number of nitrogens with zero attached hydrogens (tertiary/aromatic N) is 3. The van der Waals surface area contributed by atoms with E-state index in [2.05, 4.69) is 132 Å². The van der Waals surface area contributed by atoms with E-state index in [1.807, 2.05) is 35.6 Å². The molecule has 0 aliphatic heterocycles. The van der Waals surface area contributed by atoms with E-state index < -0.39 is 0 Å². The smallest absolute Gasteiger partial charge is 0.0987 e. The Morgan fingerprint density at radius 2 is 1.13 bits per heavy atom. The number of para-hydroxylation sites is 4. The highest BCUT2D eigenvalue weighted by atomic mass is 32.1. The molecule has 214 valence electrons. The number of fused-ring (bicyclic) bond motifs is 10. The lowest BCUT2D eigenvalue weighted by atomic mass is 10.00. The van der Waals surface area contributed by atoms with Crippen molar-refractivity contribution >= 4 is 80.6 Å². The highest BCUT2D eigenvalue weighted by Gasteiger charge is 2.19. The molecular weight excluding hydrogens is 579 g/mol. The molecule has 0 saturated carbocycles. The van der Waals surface area contributed by atoms with Gasteiger partial charge in [-0.1, -0.05) is 121 Å². The topological polar surface area (TPSA) is 30.2 Å². The second kappa shape index (κ2) is 9.83. The van der Waals surface area contributed by atoms with Crippen LogP contribution in [0, 0.1) is 0 Å². The maximum absolute atomic E-state index is 5.32. The third-order valence-electron chi connectivity index (χ3n) is 9.17. The van der Waals surface area contributed by atoms with Crippen LogP contribution in [0.3, 0.4) is 0 Å². The Morgan fingerprint density at radius 1 is 0.457 bits per heavy atom. The lowest BCUT2D eigenvalue weighted by Crippen LogP contribution is -1.96. The van der Waals surface area contributed by atoms with Crippen molar-refractivity contribution in [2.75, 3.05) is 0 Å². The van der Waals surface area contributed by atoms with Crippen molar-refractivity contribution in [1.82, 2.24) is 14.4 Å². The molecule has 0 amide bonds. The zero-order valence-electron chi connectivity index (χ0n) is 24.7. The molecule has 0 bridgehead atoms. The minimum atomic E-state index is 0.889. The van der Waals surface area contributed by atoms with Gasteiger partial charge in [-0.05, 0) is 41.1 Å². The molecule has 0 aliphatic carbocycles. The van der Waals surface area contributed by atoms with Gasteiger partial charge in [0.05, 0.1) is 43.7 Å². The predicted octanol–water partition coefficient (Wildman–Crippen LogP) is 11.6. The van der Waals surface area contributed by atoms with Crippen molar-refractivity contribution in [2.24, 2.45) is 0 Å². The molecule has 3 nitrogen and oxygen atoms in total. The molecule has 0 saturated heterocycles. The largest absolute Gasteiger partial charge is 0.307 e. The van der Waals surface area contributed by atoms with Crippen LogP contribution in [0.1, 0.15) is 0 Å². The molecule has 0 atom stereocenters. The predicted molar refractivity (Wildman–Crippen MR) is 196 cm³/mol. The van der Waals surface area contributed by atoms with Gasteiger partial charge in [0.25, 0.3) is 0 Å². The van der Waals surface area contributed by atoms with E-state index in [1.165, 1.54) is 58.3 Å². The van der Waals surface area contributed by atoms with Gasteiger partial charge in [-0.15, -0.1) is 11.3 Å². The van der Waals surface area contributed by atoms with Gasteiger partial charge in [-0.3, -0.25) is 0 Å². The lowest BCUT2D eigenvalue weighted by Gasteiger charge is -2.13. The number of aromatic nitrogens is 3. The van der Waals surface area contributed by atoms with E-state index >= 15 is 0 Å². The third-order valence-corrected chi connectivity index (χ3v) is 10.4. The fourth-order valence-corrected chi connectivity index (χ4v) is 8.37. The Morgan fingerprint density at radius 3 is 2.02 bits per heavy atom. The van der Waals surface area contributed by atoms with Crippen LogP contribution in [0.5, 0.6) is 0 Å². The Kier molecular flexibility index (Phi) is 5.45. The molecule has 0 spiro atoms. The zero-order chi connectivity index (χ0) is 30.2. The number of hydrogen-bond acceptors (Lipinski definition) is 3. The monoisotopic (exact) mass is 603 g/mol. The van der Waals surface area contributed by atoms with Gasteiger partial charge in [0.15, 0.2) is 0 Å². The van der Waals surface area contributed by atoms with Gasteiger partial charge >= 0.3 is 0 Å². The SMILES string of the molecule is c1ccc(-c2nc3ccccc3nc2-c2cccc3c2sc2ccccc2n2c4ccc5ccccc5c4c4cccc3c42)cc1. The first-order chi connectivity index (χ1) is 22.8.